The minimum atomic E-state index is -0.193. The quantitative estimate of drug-likeness (QED) is 0.793. The predicted molar refractivity (Wildman–Crippen MR) is 108 cm³/mol. The van der Waals surface area contributed by atoms with Crippen molar-refractivity contribution in [1.82, 2.24) is 5.32 Å². The summed E-state index contributed by atoms with van der Waals surface area (Å²) in [6.45, 7) is 6.30. The molecule has 1 amide bonds. The SMILES string of the molecule is COc1cc(C(=O)NCC2CC(c3ccc(C)cc3)=NO2)ccc1OC(C)C. The van der Waals surface area contributed by atoms with Gasteiger partial charge in [0.05, 0.1) is 25.5 Å². The number of rotatable bonds is 7. The third-order valence-electron chi connectivity index (χ3n) is 4.40. The van der Waals surface area contributed by atoms with Gasteiger partial charge in [0.2, 0.25) is 0 Å². The van der Waals surface area contributed by atoms with Gasteiger partial charge < -0.3 is 19.6 Å². The lowest BCUT2D eigenvalue weighted by Crippen LogP contribution is -2.32. The van der Waals surface area contributed by atoms with Gasteiger partial charge in [-0.15, -0.1) is 0 Å². The molecule has 1 atom stereocenters. The number of nitrogens with zero attached hydrogens (tertiary/aromatic N) is 1. The van der Waals surface area contributed by atoms with Gasteiger partial charge in [0.1, 0.15) is 6.10 Å². The number of carbonyl (C=O) groups is 1. The zero-order valence-corrected chi connectivity index (χ0v) is 16.7. The first-order valence-electron chi connectivity index (χ1n) is 9.39. The number of hydrogen-bond acceptors (Lipinski definition) is 5. The molecule has 1 aliphatic heterocycles. The van der Waals surface area contributed by atoms with Crippen molar-refractivity contribution in [2.24, 2.45) is 5.16 Å². The van der Waals surface area contributed by atoms with Gasteiger partial charge in [0.15, 0.2) is 11.5 Å². The molecule has 0 saturated carbocycles. The molecule has 0 fully saturated rings. The number of amides is 1. The molecule has 0 bridgehead atoms. The lowest BCUT2D eigenvalue weighted by molar-refractivity contribution is 0.0753. The van der Waals surface area contributed by atoms with Gasteiger partial charge in [-0.05, 0) is 44.5 Å². The Labute approximate surface area is 165 Å². The number of carbonyl (C=O) groups excluding carboxylic acids is 1. The molecule has 2 aromatic carbocycles. The zero-order valence-electron chi connectivity index (χ0n) is 16.7. The largest absolute Gasteiger partial charge is 0.493 e. The van der Waals surface area contributed by atoms with Crippen molar-refractivity contribution in [2.75, 3.05) is 13.7 Å². The first-order chi connectivity index (χ1) is 13.5. The van der Waals surface area contributed by atoms with Crippen LogP contribution in [0.3, 0.4) is 0 Å². The molecule has 0 radical (unpaired) electrons. The summed E-state index contributed by atoms with van der Waals surface area (Å²) < 4.78 is 11.0. The van der Waals surface area contributed by atoms with Gasteiger partial charge in [0, 0.05) is 12.0 Å². The van der Waals surface area contributed by atoms with Crippen molar-refractivity contribution in [1.29, 1.82) is 0 Å². The average molecular weight is 382 g/mol. The Hall–Kier alpha value is -3.02. The normalized spacial score (nSPS) is 15.8. The number of nitrogens with one attached hydrogen (secondary N) is 1. The van der Waals surface area contributed by atoms with Gasteiger partial charge in [0.25, 0.3) is 5.91 Å². The first kappa shape index (κ1) is 19.7. The zero-order chi connectivity index (χ0) is 20.1. The summed E-state index contributed by atoms with van der Waals surface area (Å²) in [5, 5.41) is 7.06. The Bertz CT molecular complexity index is 859. The molecule has 0 spiro atoms. The van der Waals surface area contributed by atoms with Gasteiger partial charge >= 0.3 is 0 Å². The van der Waals surface area contributed by atoms with Crippen molar-refractivity contribution in [2.45, 2.75) is 39.4 Å². The number of hydrogen-bond donors (Lipinski definition) is 1. The van der Waals surface area contributed by atoms with Crippen LogP contribution in [-0.4, -0.2) is 37.5 Å². The van der Waals surface area contributed by atoms with Crippen LogP contribution in [0.15, 0.2) is 47.6 Å². The maximum atomic E-state index is 12.5. The van der Waals surface area contributed by atoms with Gasteiger partial charge in [-0.1, -0.05) is 35.0 Å². The van der Waals surface area contributed by atoms with Crippen molar-refractivity contribution < 1.29 is 19.1 Å². The van der Waals surface area contributed by atoms with Crippen LogP contribution >= 0.6 is 0 Å². The number of methoxy groups -OCH3 is 1. The molecule has 0 saturated heterocycles. The second-order valence-electron chi connectivity index (χ2n) is 7.08. The second-order valence-corrected chi connectivity index (χ2v) is 7.08. The standard InChI is InChI=1S/C22H26N2O4/c1-14(2)27-20-10-9-17(11-21(20)26-4)22(25)23-13-18-12-19(24-28-18)16-7-5-15(3)6-8-16/h5-11,14,18H,12-13H2,1-4H3,(H,23,25). The first-order valence-corrected chi connectivity index (χ1v) is 9.39. The molecule has 6 heteroatoms. The van der Waals surface area contributed by atoms with Crippen LogP contribution in [0.5, 0.6) is 11.5 Å². The predicted octanol–water partition coefficient (Wildman–Crippen LogP) is 3.71. The average Bonchev–Trinajstić information content (AvgIpc) is 3.15. The van der Waals surface area contributed by atoms with E-state index in [0.717, 1.165) is 11.3 Å². The van der Waals surface area contributed by atoms with Crippen LogP contribution in [0.2, 0.25) is 0 Å². The van der Waals surface area contributed by atoms with Gasteiger partial charge in [-0.2, -0.15) is 0 Å². The van der Waals surface area contributed by atoms with Crippen LogP contribution in [0.25, 0.3) is 0 Å². The molecule has 0 aliphatic carbocycles. The van der Waals surface area contributed by atoms with E-state index in [4.69, 9.17) is 14.3 Å². The van der Waals surface area contributed by atoms with Crippen LogP contribution in [0.1, 0.15) is 41.8 Å². The van der Waals surface area contributed by atoms with Crippen LogP contribution in [-0.2, 0) is 4.84 Å². The van der Waals surface area contributed by atoms with Crippen LogP contribution in [0.4, 0.5) is 0 Å². The summed E-state index contributed by atoms with van der Waals surface area (Å²) in [5.74, 6) is 0.953. The lowest BCUT2D eigenvalue weighted by atomic mass is 10.0. The fourth-order valence-electron chi connectivity index (χ4n) is 2.92. The highest BCUT2D eigenvalue weighted by Crippen LogP contribution is 2.29. The Morgan fingerprint density at radius 2 is 1.96 bits per heavy atom. The topological polar surface area (TPSA) is 69.2 Å². The van der Waals surface area contributed by atoms with E-state index in [1.54, 1.807) is 25.3 Å². The monoisotopic (exact) mass is 382 g/mol. The van der Waals surface area contributed by atoms with Crippen molar-refractivity contribution >= 4 is 11.6 Å². The second kappa shape index (κ2) is 8.78. The molecule has 3 rings (SSSR count). The summed E-state index contributed by atoms with van der Waals surface area (Å²) in [7, 11) is 1.56. The number of ether oxygens (including phenoxy) is 2. The highest BCUT2D eigenvalue weighted by atomic mass is 16.6. The molecule has 6 nitrogen and oxygen atoms in total. The van der Waals surface area contributed by atoms with Crippen LogP contribution < -0.4 is 14.8 Å². The summed E-state index contributed by atoms with van der Waals surface area (Å²) >= 11 is 0. The summed E-state index contributed by atoms with van der Waals surface area (Å²) in [5.41, 5.74) is 3.65. The van der Waals surface area contributed by atoms with Gasteiger partial charge in [-0.3, -0.25) is 4.79 Å². The van der Waals surface area contributed by atoms with E-state index in [9.17, 15) is 4.79 Å². The highest BCUT2D eigenvalue weighted by Gasteiger charge is 2.23. The van der Waals surface area contributed by atoms with E-state index in [1.807, 2.05) is 45.0 Å². The Kier molecular flexibility index (Phi) is 6.19. The van der Waals surface area contributed by atoms with E-state index < -0.39 is 0 Å². The van der Waals surface area contributed by atoms with E-state index in [2.05, 4.69) is 10.5 Å². The minimum Gasteiger partial charge on any atom is -0.493 e. The molecule has 0 aromatic heterocycles. The summed E-state index contributed by atoms with van der Waals surface area (Å²) in [6.07, 6.45) is 0.509. The van der Waals surface area contributed by atoms with E-state index in [-0.39, 0.29) is 18.1 Å². The fraction of sp³-hybridized carbons (Fsp3) is 0.364. The molecular weight excluding hydrogens is 356 g/mol. The maximum absolute atomic E-state index is 12.5. The minimum absolute atomic E-state index is 0.0239. The number of oxime groups is 1. The maximum Gasteiger partial charge on any atom is 0.251 e. The third kappa shape index (κ3) is 4.82. The summed E-state index contributed by atoms with van der Waals surface area (Å²) in [4.78, 5) is 18.0. The molecule has 1 N–H and O–H groups in total. The van der Waals surface area contributed by atoms with E-state index in [0.29, 0.717) is 30.0 Å². The van der Waals surface area contributed by atoms with Crippen LogP contribution in [0, 0.1) is 6.92 Å². The third-order valence-corrected chi connectivity index (χ3v) is 4.40. The van der Waals surface area contributed by atoms with E-state index in [1.165, 1.54) is 5.56 Å². The smallest absolute Gasteiger partial charge is 0.251 e. The molecule has 2 aromatic rings. The van der Waals surface area contributed by atoms with Crippen molar-refractivity contribution in [3.8, 4) is 11.5 Å². The Morgan fingerprint density at radius 1 is 1.21 bits per heavy atom. The van der Waals surface area contributed by atoms with Crippen molar-refractivity contribution in [3.05, 3.63) is 59.2 Å². The molecular formula is C22H26N2O4. The highest BCUT2D eigenvalue weighted by molar-refractivity contribution is 6.01. The van der Waals surface area contributed by atoms with Gasteiger partial charge in [-0.25, -0.2) is 0 Å². The fourth-order valence-corrected chi connectivity index (χ4v) is 2.92. The molecule has 148 valence electrons. The molecule has 1 aliphatic rings. The molecule has 1 unspecified atom stereocenters. The Morgan fingerprint density at radius 3 is 2.64 bits per heavy atom. The number of benzene rings is 2. The Balaban J connectivity index is 1.55. The van der Waals surface area contributed by atoms with Crippen molar-refractivity contribution in [3.63, 3.8) is 0 Å². The number of aryl methyl sites for hydroxylation is 1. The van der Waals surface area contributed by atoms with E-state index >= 15 is 0 Å². The molecule has 28 heavy (non-hydrogen) atoms. The molecule has 1 heterocycles. The lowest BCUT2D eigenvalue weighted by Gasteiger charge is -2.15. The summed E-state index contributed by atoms with van der Waals surface area (Å²) in [6, 6.07) is 13.3.